The molecule has 1 aromatic heterocycles. The minimum Gasteiger partial charge on any atom is -0.357 e. The fourth-order valence-corrected chi connectivity index (χ4v) is 3.05. The normalized spacial score (nSPS) is 14.7. The molecule has 0 aliphatic carbocycles. The van der Waals surface area contributed by atoms with Gasteiger partial charge < -0.3 is 21.3 Å². The van der Waals surface area contributed by atoms with Crippen molar-refractivity contribution >= 4 is 23.4 Å². The summed E-state index contributed by atoms with van der Waals surface area (Å²) in [4.78, 5) is 30.5. The first-order valence-electron chi connectivity index (χ1n) is 8.73. The highest BCUT2D eigenvalue weighted by Gasteiger charge is 2.21. The van der Waals surface area contributed by atoms with E-state index in [1.807, 2.05) is 42.5 Å². The summed E-state index contributed by atoms with van der Waals surface area (Å²) in [6.45, 7) is 2.03. The Bertz CT molecular complexity index is 742. The lowest BCUT2D eigenvalue weighted by atomic mass is 10.1. The minimum atomic E-state index is -0.756. The van der Waals surface area contributed by atoms with Gasteiger partial charge in [0.1, 0.15) is 11.9 Å². The Morgan fingerprint density at radius 3 is 2.46 bits per heavy atom. The number of nitrogens with two attached hydrogens (primary N) is 1. The maximum Gasteiger partial charge on any atom is 0.312 e. The van der Waals surface area contributed by atoms with Crippen LogP contribution in [0.2, 0.25) is 0 Å². The highest BCUT2D eigenvalue weighted by atomic mass is 16.2. The number of hydrogen-bond donors (Lipinski definition) is 3. The van der Waals surface area contributed by atoms with E-state index in [-0.39, 0.29) is 5.91 Å². The predicted molar refractivity (Wildman–Crippen MR) is 101 cm³/mol. The second-order valence-corrected chi connectivity index (χ2v) is 6.34. The molecule has 1 unspecified atom stereocenters. The number of hydrogen-bond acceptors (Lipinski definition) is 4. The van der Waals surface area contributed by atoms with Crippen molar-refractivity contribution in [3.05, 3.63) is 54.2 Å². The van der Waals surface area contributed by atoms with Gasteiger partial charge in [-0.15, -0.1) is 0 Å². The number of anilines is 2. The van der Waals surface area contributed by atoms with Crippen LogP contribution >= 0.6 is 0 Å². The van der Waals surface area contributed by atoms with Gasteiger partial charge in [0.25, 0.3) is 0 Å². The van der Waals surface area contributed by atoms with Crippen LogP contribution in [0.25, 0.3) is 0 Å². The molecule has 2 heterocycles. The number of aromatic nitrogens is 1. The number of urea groups is 1. The number of benzene rings is 1. The number of nitrogens with zero attached hydrogens (tertiary/aromatic N) is 2. The van der Waals surface area contributed by atoms with E-state index < -0.39 is 12.1 Å². The molecule has 7 nitrogen and oxygen atoms in total. The first-order chi connectivity index (χ1) is 12.6. The van der Waals surface area contributed by atoms with E-state index in [2.05, 4.69) is 20.5 Å². The van der Waals surface area contributed by atoms with E-state index in [1.165, 1.54) is 12.8 Å². The van der Waals surface area contributed by atoms with Gasteiger partial charge in [-0.05, 0) is 30.5 Å². The van der Waals surface area contributed by atoms with Gasteiger partial charge in [-0.2, -0.15) is 0 Å². The van der Waals surface area contributed by atoms with E-state index in [1.54, 1.807) is 6.20 Å². The Hall–Kier alpha value is -3.09. The van der Waals surface area contributed by atoms with E-state index >= 15 is 0 Å². The van der Waals surface area contributed by atoms with Gasteiger partial charge in [0.2, 0.25) is 5.91 Å². The first kappa shape index (κ1) is 17.7. The molecular formula is C19H23N5O2. The van der Waals surface area contributed by atoms with Crippen LogP contribution in [0.5, 0.6) is 0 Å². The molecule has 1 aromatic carbocycles. The maximum absolute atomic E-state index is 12.6. The lowest BCUT2D eigenvalue weighted by Gasteiger charge is -2.19. The van der Waals surface area contributed by atoms with Crippen molar-refractivity contribution in [3.63, 3.8) is 0 Å². The zero-order valence-electron chi connectivity index (χ0n) is 14.5. The van der Waals surface area contributed by atoms with Crippen LogP contribution in [0.4, 0.5) is 16.3 Å². The molecular weight excluding hydrogens is 330 g/mol. The highest BCUT2D eigenvalue weighted by Crippen LogP contribution is 2.19. The van der Waals surface area contributed by atoms with Crippen LogP contribution in [0.1, 0.15) is 18.4 Å². The monoisotopic (exact) mass is 353 g/mol. The molecule has 0 saturated carbocycles. The molecule has 1 saturated heterocycles. The third-order valence-electron chi connectivity index (χ3n) is 4.36. The summed E-state index contributed by atoms with van der Waals surface area (Å²) in [5.41, 5.74) is 6.74. The highest BCUT2D eigenvalue weighted by molar-refractivity contribution is 5.97. The van der Waals surface area contributed by atoms with Crippen LogP contribution in [-0.4, -0.2) is 36.1 Å². The van der Waals surface area contributed by atoms with Gasteiger partial charge in [-0.3, -0.25) is 4.79 Å². The average Bonchev–Trinajstić information content (AvgIpc) is 3.17. The summed E-state index contributed by atoms with van der Waals surface area (Å²) in [6, 6.07) is 11.7. The molecule has 3 amide bonds. The molecule has 2 aromatic rings. The number of carbonyl (C=O) groups excluding carboxylic acids is 2. The topological polar surface area (TPSA) is 100 Å². The van der Waals surface area contributed by atoms with Crippen LogP contribution in [0, 0.1) is 0 Å². The Balaban J connectivity index is 1.65. The number of amides is 3. The lowest BCUT2D eigenvalue weighted by Crippen LogP contribution is -2.47. The van der Waals surface area contributed by atoms with Gasteiger partial charge in [0.15, 0.2) is 0 Å². The molecule has 0 bridgehead atoms. The van der Waals surface area contributed by atoms with Gasteiger partial charge in [0, 0.05) is 19.5 Å². The Morgan fingerprint density at radius 1 is 1.12 bits per heavy atom. The Kier molecular flexibility index (Phi) is 5.68. The van der Waals surface area contributed by atoms with E-state index in [0.29, 0.717) is 12.1 Å². The maximum atomic E-state index is 12.6. The van der Waals surface area contributed by atoms with Crippen LogP contribution in [0.15, 0.2) is 48.7 Å². The van der Waals surface area contributed by atoms with Crippen molar-refractivity contribution in [2.75, 3.05) is 23.3 Å². The molecule has 1 aliphatic heterocycles. The molecule has 1 atom stereocenters. The standard InChI is InChI=1S/C19H23N5O2/c20-19(26)23-16(12-14-6-2-1-3-7-14)18(25)22-15-8-9-17(21-13-15)24-10-4-5-11-24/h1-3,6-9,13,16H,4-5,10-12H2,(H,22,25)(H3,20,23,26). The Labute approximate surface area is 152 Å². The number of nitrogens with one attached hydrogen (secondary N) is 2. The molecule has 4 N–H and O–H groups in total. The summed E-state index contributed by atoms with van der Waals surface area (Å²) in [7, 11) is 0. The van der Waals surface area contributed by atoms with Crippen molar-refractivity contribution in [2.45, 2.75) is 25.3 Å². The largest absolute Gasteiger partial charge is 0.357 e. The molecule has 7 heteroatoms. The molecule has 136 valence electrons. The summed E-state index contributed by atoms with van der Waals surface area (Å²) in [5.74, 6) is 0.583. The fourth-order valence-electron chi connectivity index (χ4n) is 3.05. The molecule has 1 fully saturated rings. The summed E-state index contributed by atoms with van der Waals surface area (Å²) in [5, 5.41) is 5.30. The summed E-state index contributed by atoms with van der Waals surface area (Å²) >= 11 is 0. The zero-order chi connectivity index (χ0) is 18.4. The smallest absolute Gasteiger partial charge is 0.312 e. The number of primary amides is 1. The third kappa shape index (κ3) is 4.72. The van der Waals surface area contributed by atoms with Crippen molar-refractivity contribution in [3.8, 4) is 0 Å². The quantitative estimate of drug-likeness (QED) is 0.738. The van der Waals surface area contributed by atoms with Gasteiger partial charge in [-0.25, -0.2) is 9.78 Å². The van der Waals surface area contributed by atoms with Crippen molar-refractivity contribution < 1.29 is 9.59 Å². The van der Waals surface area contributed by atoms with Crippen LogP contribution in [-0.2, 0) is 11.2 Å². The lowest BCUT2D eigenvalue weighted by molar-refractivity contribution is -0.117. The van der Waals surface area contributed by atoms with Crippen molar-refractivity contribution in [2.24, 2.45) is 5.73 Å². The van der Waals surface area contributed by atoms with Crippen LogP contribution in [0.3, 0.4) is 0 Å². The predicted octanol–water partition coefficient (Wildman–Crippen LogP) is 1.90. The van der Waals surface area contributed by atoms with E-state index in [9.17, 15) is 9.59 Å². The number of carbonyl (C=O) groups is 2. The number of rotatable bonds is 6. The molecule has 26 heavy (non-hydrogen) atoms. The van der Waals surface area contributed by atoms with Gasteiger partial charge >= 0.3 is 6.03 Å². The van der Waals surface area contributed by atoms with Crippen molar-refractivity contribution in [1.82, 2.24) is 10.3 Å². The minimum absolute atomic E-state index is 0.330. The average molecular weight is 353 g/mol. The van der Waals surface area contributed by atoms with Gasteiger partial charge in [-0.1, -0.05) is 30.3 Å². The first-order valence-corrected chi connectivity index (χ1v) is 8.73. The number of pyridine rings is 1. The second-order valence-electron chi connectivity index (χ2n) is 6.34. The molecule has 0 spiro atoms. The SMILES string of the molecule is NC(=O)NC(Cc1ccccc1)C(=O)Nc1ccc(N2CCCC2)nc1. The van der Waals surface area contributed by atoms with Gasteiger partial charge in [0.05, 0.1) is 11.9 Å². The van der Waals surface area contributed by atoms with Crippen molar-refractivity contribution in [1.29, 1.82) is 0 Å². The summed E-state index contributed by atoms with van der Waals surface area (Å²) in [6.07, 6.45) is 4.35. The van der Waals surface area contributed by atoms with Crippen LogP contribution < -0.4 is 21.3 Å². The molecule has 0 radical (unpaired) electrons. The van der Waals surface area contributed by atoms with E-state index in [0.717, 1.165) is 24.5 Å². The third-order valence-corrected chi connectivity index (χ3v) is 4.36. The summed E-state index contributed by atoms with van der Waals surface area (Å²) < 4.78 is 0. The van der Waals surface area contributed by atoms with E-state index in [4.69, 9.17) is 5.73 Å². The Morgan fingerprint density at radius 2 is 1.85 bits per heavy atom. The second kappa shape index (κ2) is 8.33. The molecule has 1 aliphatic rings. The zero-order valence-corrected chi connectivity index (χ0v) is 14.5. The molecule has 3 rings (SSSR count). The fraction of sp³-hybridized carbons (Fsp3) is 0.316.